The lowest BCUT2D eigenvalue weighted by molar-refractivity contribution is 0.0816. The van der Waals surface area contributed by atoms with Crippen LogP contribution in [0.15, 0.2) is 70.9 Å². The number of allylic oxidation sites excluding steroid dienone is 5. The molecule has 1 aliphatic carbocycles. The topological polar surface area (TPSA) is 118 Å². The molecule has 0 saturated carbocycles. The second kappa shape index (κ2) is 11.8. The fraction of sp³-hybridized carbons (Fsp3) is 0.423. The summed E-state index contributed by atoms with van der Waals surface area (Å²) in [6.45, 7) is 3.15. The summed E-state index contributed by atoms with van der Waals surface area (Å²) in [5, 5.41) is 9.17. The predicted molar refractivity (Wildman–Crippen MR) is 144 cm³/mol. The number of piperidine rings is 1. The molecule has 1 fully saturated rings. The van der Waals surface area contributed by atoms with Crippen LogP contribution < -0.4 is 26.4 Å². The molecular formula is C26H36N6O2S. The maximum Gasteiger partial charge on any atom is 0.152 e. The largest absolute Gasteiger partial charge is 0.482 e. The normalized spacial score (nSPS) is 20.2. The number of fused-ring (bicyclic) bond motifs is 1. The fourth-order valence-corrected chi connectivity index (χ4v) is 5.02. The van der Waals surface area contributed by atoms with E-state index in [-0.39, 0.29) is 5.60 Å². The molecule has 1 atom stereocenters. The lowest BCUT2D eigenvalue weighted by Gasteiger charge is -2.40. The summed E-state index contributed by atoms with van der Waals surface area (Å²) in [5.74, 6) is 7.36. The van der Waals surface area contributed by atoms with Crippen LogP contribution in [0.4, 0.5) is 0 Å². The smallest absolute Gasteiger partial charge is 0.152 e. The van der Waals surface area contributed by atoms with Gasteiger partial charge in [0.15, 0.2) is 5.84 Å². The zero-order chi connectivity index (χ0) is 24.7. The zero-order valence-electron chi connectivity index (χ0n) is 20.3. The number of amidine groups is 1. The second-order valence-electron chi connectivity index (χ2n) is 9.10. The number of nitrogens with one attached hydrogen (secondary N) is 2. The van der Waals surface area contributed by atoms with Gasteiger partial charge in [0, 0.05) is 36.8 Å². The van der Waals surface area contributed by atoms with Gasteiger partial charge in [0.2, 0.25) is 0 Å². The van der Waals surface area contributed by atoms with Crippen molar-refractivity contribution in [1.29, 1.82) is 0 Å². The third kappa shape index (κ3) is 6.70. The number of unbranched alkanes of at least 4 members (excludes halogenated alkanes) is 1. The van der Waals surface area contributed by atoms with Gasteiger partial charge in [-0.15, -0.1) is 5.10 Å². The summed E-state index contributed by atoms with van der Waals surface area (Å²) in [4.78, 5) is 0. The number of ether oxygens (including phenoxy) is 1. The fourth-order valence-electron chi connectivity index (χ4n) is 4.59. The molecule has 2 aliphatic heterocycles. The molecule has 1 aromatic rings. The van der Waals surface area contributed by atoms with Crippen molar-refractivity contribution in [2.75, 3.05) is 32.4 Å². The third-order valence-corrected chi connectivity index (χ3v) is 7.05. The third-order valence-electron chi connectivity index (χ3n) is 6.44. The van der Waals surface area contributed by atoms with Gasteiger partial charge in [0.25, 0.3) is 0 Å². The Morgan fingerprint density at radius 3 is 2.86 bits per heavy atom. The highest BCUT2D eigenvalue weighted by molar-refractivity contribution is 7.82. The van der Waals surface area contributed by atoms with E-state index in [1.165, 1.54) is 16.3 Å². The number of hydrazone groups is 1. The molecule has 35 heavy (non-hydrogen) atoms. The first-order chi connectivity index (χ1) is 17.0. The first-order valence-corrected chi connectivity index (χ1v) is 13.7. The number of rotatable bonds is 9. The first-order valence-electron chi connectivity index (χ1n) is 12.2. The Morgan fingerprint density at radius 1 is 1.26 bits per heavy atom. The van der Waals surface area contributed by atoms with E-state index in [9.17, 15) is 4.21 Å². The van der Waals surface area contributed by atoms with E-state index in [1.807, 2.05) is 18.2 Å². The van der Waals surface area contributed by atoms with Gasteiger partial charge in [0.05, 0.1) is 17.5 Å². The molecule has 1 aromatic carbocycles. The van der Waals surface area contributed by atoms with Crippen LogP contribution in [0.3, 0.4) is 0 Å². The Hall–Kier alpha value is -2.72. The lowest BCUT2D eigenvalue weighted by atomic mass is 9.82. The highest BCUT2D eigenvalue weighted by Gasteiger charge is 2.37. The van der Waals surface area contributed by atoms with Crippen molar-refractivity contribution in [2.24, 2.45) is 16.7 Å². The highest BCUT2D eigenvalue weighted by Crippen LogP contribution is 2.43. The summed E-state index contributed by atoms with van der Waals surface area (Å²) in [6.07, 6.45) is 16.6. The zero-order valence-corrected chi connectivity index (χ0v) is 21.2. The van der Waals surface area contributed by atoms with Gasteiger partial charge in [-0.1, -0.05) is 42.5 Å². The molecule has 1 spiro atoms. The minimum Gasteiger partial charge on any atom is -0.482 e. The van der Waals surface area contributed by atoms with Crippen molar-refractivity contribution >= 4 is 22.4 Å². The molecule has 0 amide bonds. The van der Waals surface area contributed by atoms with Gasteiger partial charge >= 0.3 is 0 Å². The summed E-state index contributed by atoms with van der Waals surface area (Å²) in [7, 11) is -0.991. The molecule has 0 radical (unpaired) electrons. The monoisotopic (exact) mass is 496 g/mol. The second-order valence-corrected chi connectivity index (χ2v) is 10.3. The van der Waals surface area contributed by atoms with E-state index in [2.05, 4.69) is 51.6 Å². The van der Waals surface area contributed by atoms with Crippen LogP contribution in [-0.4, -0.2) is 53.2 Å². The number of para-hydroxylation sites is 1. The van der Waals surface area contributed by atoms with Gasteiger partial charge in [-0.2, -0.15) is 0 Å². The van der Waals surface area contributed by atoms with Crippen LogP contribution in [0, 0.1) is 0 Å². The standard InChI is InChI=1S/C26H36N6O2S/c1-35(33)30-15-4-5-18-32(28)31-25(27)21-8-6-7-20(11-12-21)23-19-26(13-16-29-17-14-26)34-24-10-3-2-9-22(23)24/h2-3,6,8-12,19,29-30H,4-5,7,13-18,28H2,1H3,(H2,27,31). The maximum atomic E-state index is 11.1. The molecule has 6 N–H and O–H groups in total. The van der Waals surface area contributed by atoms with Crippen LogP contribution in [-0.2, 0) is 11.0 Å². The quantitative estimate of drug-likeness (QED) is 0.137. The average molecular weight is 497 g/mol. The molecule has 9 heteroatoms. The van der Waals surface area contributed by atoms with Crippen LogP contribution >= 0.6 is 0 Å². The van der Waals surface area contributed by atoms with Crippen molar-refractivity contribution in [2.45, 2.75) is 37.7 Å². The summed E-state index contributed by atoms with van der Waals surface area (Å²) in [5.41, 5.74) is 10.4. The van der Waals surface area contributed by atoms with Gasteiger partial charge in [0.1, 0.15) is 11.4 Å². The Morgan fingerprint density at radius 2 is 2.06 bits per heavy atom. The predicted octanol–water partition coefficient (Wildman–Crippen LogP) is 2.51. The van der Waals surface area contributed by atoms with E-state index in [1.54, 1.807) is 6.26 Å². The van der Waals surface area contributed by atoms with Crippen molar-refractivity contribution in [1.82, 2.24) is 15.2 Å². The van der Waals surface area contributed by atoms with Gasteiger partial charge < -0.3 is 15.8 Å². The van der Waals surface area contributed by atoms with Gasteiger partial charge in [-0.3, -0.25) is 0 Å². The van der Waals surface area contributed by atoms with Crippen molar-refractivity contribution < 1.29 is 8.95 Å². The molecule has 188 valence electrons. The van der Waals surface area contributed by atoms with Crippen molar-refractivity contribution in [3.05, 3.63) is 71.4 Å². The summed E-state index contributed by atoms with van der Waals surface area (Å²) in [6, 6.07) is 8.29. The molecule has 1 unspecified atom stereocenters. The van der Waals surface area contributed by atoms with Gasteiger partial charge in [-0.05, 0) is 55.6 Å². The van der Waals surface area contributed by atoms with E-state index < -0.39 is 11.0 Å². The van der Waals surface area contributed by atoms with E-state index in [4.69, 9.17) is 16.3 Å². The Kier molecular flexibility index (Phi) is 8.56. The molecule has 0 aromatic heterocycles. The minimum absolute atomic E-state index is 0.263. The summed E-state index contributed by atoms with van der Waals surface area (Å²) < 4.78 is 20.5. The Labute approximate surface area is 210 Å². The molecule has 4 rings (SSSR count). The maximum absolute atomic E-state index is 11.1. The minimum atomic E-state index is -0.991. The number of nitrogens with zero attached hydrogens (tertiary/aromatic N) is 2. The summed E-state index contributed by atoms with van der Waals surface area (Å²) >= 11 is 0. The van der Waals surface area contributed by atoms with Crippen LogP contribution in [0.1, 0.15) is 37.7 Å². The number of benzene rings is 1. The highest BCUT2D eigenvalue weighted by atomic mass is 32.2. The van der Waals surface area contributed by atoms with Gasteiger partial charge in [-0.25, -0.2) is 19.9 Å². The Balaban J connectivity index is 1.49. The van der Waals surface area contributed by atoms with Crippen LogP contribution in [0.2, 0.25) is 0 Å². The number of hydrazine groups is 1. The molecular weight excluding hydrogens is 460 g/mol. The molecule has 0 bridgehead atoms. The average Bonchev–Trinajstić information content (AvgIpc) is 3.10. The number of hydrogen-bond donors (Lipinski definition) is 4. The molecule has 1 saturated heterocycles. The van der Waals surface area contributed by atoms with Crippen LogP contribution in [0.5, 0.6) is 5.75 Å². The molecule has 3 aliphatic rings. The van der Waals surface area contributed by atoms with E-state index in [0.717, 1.165) is 62.1 Å². The first kappa shape index (κ1) is 25.4. The number of nitrogens with two attached hydrogens (primary N) is 2. The molecule has 2 heterocycles. The Bertz CT molecular complexity index is 1090. The van der Waals surface area contributed by atoms with Crippen molar-refractivity contribution in [3.8, 4) is 5.75 Å². The van der Waals surface area contributed by atoms with Crippen LogP contribution in [0.25, 0.3) is 5.57 Å². The SMILES string of the molecule is CS(=O)NCCCCN(N)/N=C(\N)C1=CC=C(C2=CC3(CCNCC3)Oc3ccccc32)CC=C1. The van der Waals surface area contributed by atoms with E-state index in [0.29, 0.717) is 18.9 Å². The van der Waals surface area contributed by atoms with E-state index >= 15 is 0 Å². The number of hydrogen-bond acceptors (Lipinski definition) is 6. The lowest BCUT2D eigenvalue weighted by Crippen LogP contribution is -2.46. The van der Waals surface area contributed by atoms with Crippen molar-refractivity contribution in [3.63, 3.8) is 0 Å². The molecule has 8 nitrogen and oxygen atoms in total.